The Morgan fingerprint density at radius 3 is 2.58 bits per heavy atom. The summed E-state index contributed by atoms with van der Waals surface area (Å²) in [4.78, 5) is 27.2. The van der Waals surface area contributed by atoms with E-state index in [1.165, 1.54) is 24.1 Å². The molecule has 1 unspecified atom stereocenters. The molecule has 0 saturated carbocycles. The average Bonchev–Trinajstić information content (AvgIpc) is 3.26. The van der Waals surface area contributed by atoms with Gasteiger partial charge in [0, 0.05) is 50.4 Å². The molecule has 1 aromatic carbocycles. The summed E-state index contributed by atoms with van der Waals surface area (Å²) in [6, 6.07) is 2.35. The maximum Gasteiger partial charge on any atom is 0.425 e. The van der Waals surface area contributed by atoms with Crippen molar-refractivity contribution >= 4 is 29.1 Å². The topological polar surface area (TPSA) is 76.5 Å². The molecule has 2 heterocycles. The predicted molar refractivity (Wildman–Crippen MR) is 124 cm³/mol. The Labute approximate surface area is 209 Å². The van der Waals surface area contributed by atoms with Crippen molar-refractivity contribution in [3.63, 3.8) is 0 Å². The highest BCUT2D eigenvalue weighted by Crippen LogP contribution is 2.35. The molecular weight excluding hydrogens is 504 g/mol. The van der Waals surface area contributed by atoms with Gasteiger partial charge < -0.3 is 15.0 Å². The van der Waals surface area contributed by atoms with E-state index in [0.717, 1.165) is 29.9 Å². The Hall–Kier alpha value is -3.34. The molecule has 1 atom stereocenters. The smallest absolute Gasteiger partial charge is 0.425 e. The van der Waals surface area contributed by atoms with Crippen molar-refractivity contribution in [2.75, 3.05) is 13.6 Å². The van der Waals surface area contributed by atoms with Crippen LogP contribution in [-0.4, -0.2) is 52.4 Å². The average molecular weight is 527 g/mol. The van der Waals surface area contributed by atoms with Gasteiger partial charge in [-0.1, -0.05) is 11.6 Å². The van der Waals surface area contributed by atoms with E-state index in [1.54, 1.807) is 17.0 Å². The summed E-state index contributed by atoms with van der Waals surface area (Å²) in [5.74, 6) is -1.85. The molecule has 12 heteroatoms. The number of hydrogen-bond donors (Lipinski definition) is 1. The second-order valence-electron chi connectivity index (χ2n) is 8.47. The molecule has 4 rings (SSSR count). The summed E-state index contributed by atoms with van der Waals surface area (Å²) >= 11 is 6.39. The zero-order valence-corrected chi connectivity index (χ0v) is 20.2. The van der Waals surface area contributed by atoms with E-state index in [2.05, 4.69) is 10.4 Å². The molecule has 1 aliphatic carbocycles. The van der Waals surface area contributed by atoms with E-state index in [1.807, 2.05) is 0 Å². The number of rotatable bonds is 5. The number of aromatic nitrogens is 2. The number of alkyl halides is 3. The number of nitrogens with zero attached hydrogens (tertiary/aromatic N) is 3. The van der Waals surface area contributed by atoms with Gasteiger partial charge in [-0.05, 0) is 37.6 Å². The third kappa shape index (κ3) is 5.11. The number of allylic oxidation sites excluding steroid dienone is 4. The SMILES string of the molecule is CNC(=O)c1ccc(OC(C)C(F)(F)F)c(C(=O)N2CCc3nn(C4=CC=C(F)CC4)cc3C2)c1Cl. The quantitative estimate of drug-likeness (QED) is 0.562. The number of carbonyl (C=O) groups excluding carboxylic acids is 2. The fourth-order valence-electron chi connectivity index (χ4n) is 4.01. The molecule has 2 amide bonds. The van der Waals surface area contributed by atoms with Crippen LogP contribution in [0.5, 0.6) is 5.75 Å². The van der Waals surface area contributed by atoms with Crippen LogP contribution in [0.2, 0.25) is 5.02 Å². The van der Waals surface area contributed by atoms with Gasteiger partial charge in [0.15, 0.2) is 6.10 Å². The van der Waals surface area contributed by atoms with E-state index in [-0.39, 0.29) is 47.2 Å². The summed E-state index contributed by atoms with van der Waals surface area (Å²) in [5, 5.41) is 6.64. The molecule has 0 fully saturated rings. The van der Waals surface area contributed by atoms with Crippen molar-refractivity contribution in [2.45, 2.75) is 45.0 Å². The van der Waals surface area contributed by atoms with Gasteiger partial charge in [0.1, 0.15) is 17.1 Å². The van der Waals surface area contributed by atoms with Crippen LogP contribution in [0.3, 0.4) is 0 Å². The lowest BCUT2D eigenvalue weighted by molar-refractivity contribution is -0.189. The normalized spacial score (nSPS) is 16.6. The molecule has 36 heavy (non-hydrogen) atoms. The van der Waals surface area contributed by atoms with Gasteiger partial charge in [-0.2, -0.15) is 18.3 Å². The monoisotopic (exact) mass is 526 g/mol. The number of carbonyl (C=O) groups is 2. The van der Waals surface area contributed by atoms with Crippen LogP contribution < -0.4 is 10.1 Å². The van der Waals surface area contributed by atoms with Crippen molar-refractivity contribution in [3.8, 4) is 5.75 Å². The summed E-state index contributed by atoms with van der Waals surface area (Å²) in [6.45, 7) is 1.17. The van der Waals surface area contributed by atoms with Crippen molar-refractivity contribution in [2.24, 2.45) is 0 Å². The molecule has 0 spiro atoms. The summed E-state index contributed by atoms with van der Waals surface area (Å²) in [7, 11) is 1.37. The number of amides is 2. The van der Waals surface area contributed by atoms with Gasteiger partial charge in [0.2, 0.25) is 0 Å². The number of ether oxygens (including phenoxy) is 1. The van der Waals surface area contributed by atoms with Crippen LogP contribution in [0.25, 0.3) is 5.70 Å². The van der Waals surface area contributed by atoms with Crippen LogP contribution in [0.4, 0.5) is 17.6 Å². The van der Waals surface area contributed by atoms with Crippen LogP contribution in [0.15, 0.2) is 36.3 Å². The first-order valence-electron chi connectivity index (χ1n) is 11.2. The van der Waals surface area contributed by atoms with E-state index in [0.29, 0.717) is 12.8 Å². The van der Waals surface area contributed by atoms with E-state index in [9.17, 15) is 27.2 Å². The van der Waals surface area contributed by atoms with E-state index < -0.39 is 24.1 Å². The zero-order valence-electron chi connectivity index (χ0n) is 19.5. The minimum Gasteiger partial charge on any atom is -0.480 e. The molecule has 1 aliphatic heterocycles. The van der Waals surface area contributed by atoms with Gasteiger partial charge in [0.05, 0.1) is 16.3 Å². The Morgan fingerprint density at radius 2 is 1.94 bits per heavy atom. The zero-order chi connectivity index (χ0) is 26.2. The van der Waals surface area contributed by atoms with E-state index >= 15 is 0 Å². The van der Waals surface area contributed by atoms with Crippen molar-refractivity contribution in [3.05, 3.63) is 63.7 Å². The fourth-order valence-corrected chi connectivity index (χ4v) is 4.33. The largest absolute Gasteiger partial charge is 0.480 e. The highest BCUT2D eigenvalue weighted by atomic mass is 35.5. The lowest BCUT2D eigenvalue weighted by Gasteiger charge is -2.28. The molecule has 0 radical (unpaired) electrons. The maximum absolute atomic E-state index is 13.6. The first-order chi connectivity index (χ1) is 17.0. The third-order valence-electron chi connectivity index (χ3n) is 6.07. The summed E-state index contributed by atoms with van der Waals surface area (Å²) in [5.41, 5.74) is 1.93. The Morgan fingerprint density at radius 1 is 1.19 bits per heavy atom. The fraction of sp³-hybridized carbons (Fsp3) is 0.375. The number of halogens is 5. The van der Waals surface area contributed by atoms with Gasteiger partial charge in [-0.15, -0.1) is 0 Å². The third-order valence-corrected chi connectivity index (χ3v) is 6.46. The Kier molecular flexibility index (Phi) is 7.12. The minimum absolute atomic E-state index is 0.0652. The molecule has 192 valence electrons. The molecule has 1 aromatic heterocycles. The predicted octanol–water partition coefficient (Wildman–Crippen LogP) is 4.91. The second kappa shape index (κ2) is 9.96. The Balaban J connectivity index is 1.65. The molecular formula is C24H23ClF4N4O3. The number of nitrogens with one attached hydrogen (secondary N) is 1. The number of benzene rings is 1. The lowest BCUT2D eigenvalue weighted by Crippen LogP contribution is -2.37. The summed E-state index contributed by atoms with van der Waals surface area (Å²) in [6.07, 6.45) is -0.939. The van der Waals surface area contributed by atoms with Crippen LogP contribution in [0, 0.1) is 0 Å². The van der Waals surface area contributed by atoms with Gasteiger partial charge in [-0.25, -0.2) is 9.07 Å². The van der Waals surface area contributed by atoms with E-state index in [4.69, 9.17) is 16.3 Å². The minimum atomic E-state index is -4.67. The first-order valence-corrected chi connectivity index (χ1v) is 11.6. The van der Waals surface area contributed by atoms with Gasteiger partial charge in [-0.3, -0.25) is 9.59 Å². The molecule has 7 nitrogen and oxygen atoms in total. The number of fused-ring (bicyclic) bond motifs is 1. The van der Waals surface area contributed by atoms with Gasteiger partial charge >= 0.3 is 6.18 Å². The molecule has 2 aliphatic rings. The molecule has 0 bridgehead atoms. The van der Waals surface area contributed by atoms with Crippen molar-refractivity contribution in [1.82, 2.24) is 20.0 Å². The molecule has 1 N–H and O–H groups in total. The highest BCUT2D eigenvalue weighted by molar-refractivity contribution is 6.37. The number of hydrogen-bond acceptors (Lipinski definition) is 4. The van der Waals surface area contributed by atoms with Crippen molar-refractivity contribution < 1.29 is 31.9 Å². The Bertz CT molecular complexity index is 1270. The first kappa shape index (κ1) is 25.7. The second-order valence-corrected chi connectivity index (χ2v) is 8.85. The standard InChI is InChI=1S/C24H23ClF4N4O3/c1-13(24(27,28)29)36-19-8-7-17(22(34)30-2)21(25)20(19)23(35)32-10-9-18-14(11-32)12-33(31-18)16-5-3-15(26)4-6-16/h3,5,7-8,12-13H,4,6,9-11H2,1-2H3,(H,30,34). The molecule has 0 saturated heterocycles. The van der Waals surface area contributed by atoms with Crippen LogP contribution in [0.1, 0.15) is 51.7 Å². The van der Waals surface area contributed by atoms with Crippen LogP contribution >= 0.6 is 11.6 Å². The van der Waals surface area contributed by atoms with Crippen LogP contribution in [-0.2, 0) is 13.0 Å². The lowest BCUT2D eigenvalue weighted by atomic mass is 10.0. The molecule has 2 aromatic rings. The maximum atomic E-state index is 13.6. The van der Waals surface area contributed by atoms with Gasteiger partial charge in [0.25, 0.3) is 11.8 Å². The highest BCUT2D eigenvalue weighted by Gasteiger charge is 2.39. The van der Waals surface area contributed by atoms with Crippen molar-refractivity contribution in [1.29, 1.82) is 0 Å². The summed E-state index contributed by atoms with van der Waals surface area (Å²) < 4.78 is 59.6.